The van der Waals surface area contributed by atoms with Crippen molar-refractivity contribution in [2.45, 2.75) is 38.5 Å². The number of anilines is 1. The van der Waals surface area contributed by atoms with Gasteiger partial charge >= 0.3 is 0 Å². The van der Waals surface area contributed by atoms with Crippen LogP contribution in [0, 0.1) is 23.7 Å². The fourth-order valence-electron chi connectivity index (χ4n) is 3.51. The Kier molecular flexibility index (Phi) is 6.91. The van der Waals surface area contributed by atoms with E-state index >= 15 is 0 Å². The van der Waals surface area contributed by atoms with Crippen molar-refractivity contribution in [1.29, 1.82) is 0 Å². The van der Waals surface area contributed by atoms with Crippen LogP contribution >= 0.6 is 15.9 Å². The first-order chi connectivity index (χ1) is 12.7. The predicted octanol–water partition coefficient (Wildman–Crippen LogP) is 6.03. The van der Waals surface area contributed by atoms with Crippen LogP contribution < -0.4 is 5.32 Å². The lowest BCUT2D eigenvalue weighted by atomic mass is 9.78. The van der Waals surface area contributed by atoms with Gasteiger partial charge in [-0.15, -0.1) is 0 Å². The van der Waals surface area contributed by atoms with Gasteiger partial charge in [0.2, 0.25) is 5.91 Å². The molecule has 0 spiro atoms. The molecule has 1 amide bonds. The van der Waals surface area contributed by atoms with Crippen LogP contribution in [-0.2, 0) is 4.79 Å². The van der Waals surface area contributed by atoms with E-state index in [1.54, 1.807) is 0 Å². The fourth-order valence-corrected chi connectivity index (χ4v) is 3.78. The highest BCUT2D eigenvalue weighted by molar-refractivity contribution is 9.10. The third-order valence-electron chi connectivity index (χ3n) is 4.93. The van der Waals surface area contributed by atoms with Crippen LogP contribution in [0.4, 0.5) is 5.69 Å². The maximum Gasteiger partial charge on any atom is 0.225 e. The molecule has 2 aromatic carbocycles. The van der Waals surface area contributed by atoms with E-state index in [-0.39, 0.29) is 11.8 Å². The minimum atomic E-state index is 0.0465. The topological polar surface area (TPSA) is 29.1 Å². The molecule has 0 unspecified atom stereocenters. The van der Waals surface area contributed by atoms with E-state index in [0.29, 0.717) is 12.3 Å². The highest BCUT2D eigenvalue weighted by Crippen LogP contribution is 2.32. The summed E-state index contributed by atoms with van der Waals surface area (Å²) in [5, 5.41) is 3.01. The van der Waals surface area contributed by atoms with Crippen molar-refractivity contribution in [3.05, 3.63) is 64.6 Å². The molecule has 0 heterocycles. The van der Waals surface area contributed by atoms with Crippen molar-refractivity contribution in [2.24, 2.45) is 11.8 Å². The first-order valence-electron chi connectivity index (χ1n) is 9.33. The molecule has 0 saturated heterocycles. The fraction of sp³-hybridized carbons (Fsp3) is 0.348. The predicted molar refractivity (Wildman–Crippen MR) is 111 cm³/mol. The third-order valence-corrected chi connectivity index (χ3v) is 5.46. The molecule has 0 bridgehead atoms. The summed E-state index contributed by atoms with van der Waals surface area (Å²) in [6.45, 7) is 0. The standard InChI is InChI=1S/C23H24BrNO/c24-21-13-15-22(16-14-21)25-23(26)17-20(19-9-5-2-6-10-19)12-11-18-7-3-1-4-8-18/h1,3-4,7-8,13-16,19-20H,2,5-6,9-10,17H2,(H,25,26)/t20-/m0/s1. The number of amides is 1. The quantitative estimate of drug-likeness (QED) is 0.613. The molecule has 26 heavy (non-hydrogen) atoms. The Hall–Kier alpha value is -2.05. The number of rotatable bonds is 4. The van der Waals surface area contributed by atoms with Crippen molar-refractivity contribution in [3.8, 4) is 11.8 Å². The van der Waals surface area contributed by atoms with Crippen molar-refractivity contribution in [1.82, 2.24) is 0 Å². The van der Waals surface area contributed by atoms with Crippen molar-refractivity contribution < 1.29 is 4.79 Å². The molecule has 0 radical (unpaired) electrons. The van der Waals surface area contributed by atoms with Crippen LogP contribution in [0.25, 0.3) is 0 Å². The molecule has 1 saturated carbocycles. The van der Waals surface area contributed by atoms with Gasteiger partial charge in [-0.25, -0.2) is 0 Å². The van der Waals surface area contributed by atoms with Crippen molar-refractivity contribution in [3.63, 3.8) is 0 Å². The molecule has 1 atom stereocenters. The first kappa shape index (κ1) is 18.7. The summed E-state index contributed by atoms with van der Waals surface area (Å²) in [5.41, 5.74) is 1.85. The van der Waals surface area contributed by atoms with Gasteiger partial charge in [0.25, 0.3) is 0 Å². The molecule has 1 N–H and O–H groups in total. The molecular formula is C23H24BrNO. The van der Waals surface area contributed by atoms with E-state index in [4.69, 9.17) is 0 Å². The molecule has 2 nitrogen and oxygen atoms in total. The summed E-state index contributed by atoms with van der Waals surface area (Å²) in [6, 6.07) is 17.7. The highest BCUT2D eigenvalue weighted by Gasteiger charge is 2.24. The zero-order valence-corrected chi connectivity index (χ0v) is 16.5. The zero-order valence-electron chi connectivity index (χ0n) is 14.9. The molecule has 1 aliphatic carbocycles. The second kappa shape index (κ2) is 9.59. The Morgan fingerprint density at radius 2 is 1.73 bits per heavy atom. The van der Waals surface area contributed by atoms with Crippen molar-refractivity contribution >= 4 is 27.5 Å². The molecule has 3 heteroatoms. The highest BCUT2D eigenvalue weighted by atomic mass is 79.9. The average Bonchev–Trinajstić information content (AvgIpc) is 2.68. The van der Waals surface area contributed by atoms with E-state index < -0.39 is 0 Å². The Balaban J connectivity index is 1.69. The SMILES string of the molecule is O=C(C[C@H](C#Cc1ccccc1)C1CCCCC1)Nc1ccc(Br)cc1. The summed E-state index contributed by atoms with van der Waals surface area (Å²) in [6.07, 6.45) is 6.63. The van der Waals surface area contributed by atoms with Gasteiger partial charge in [-0.05, 0) is 55.2 Å². The summed E-state index contributed by atoms with van der Waals surface area (Å²) >= 11 is 3.42. The monoisotopic (exact) mass is 409 g/mol. The number of hydrogen-bond donors (Lipinski definition) is 1. The van der Waals surface area contributed by atoms with Gasteiger partial charge in [0.1, 0.15) is 0 Å². The summed E-state index contributed by atoms with van der Waals surface area (Å²) in [7, 11) is 0. The van der Waals surface area contributed by atoms with Crippen molar-refractivity contribution in [2.75, 3.05) is 5.32 Å². The molecule has 0 aliphatic heterocycles. The van der Waals surface area contributed by atoms with Crippen LogP contribution in [0.5, 0.6) is 0 Å². The smallest absolute Gasteiger partial charge is 0.225 e. The van der Waals surface area contributed by atoms with Crippen LogP contribution in [-0.4, -0.2) is 5.91 Å². The Bertz CT molecular complexity index is 767. The van der Waals surface area contributed by atoms with E-state index in [0.717, 1.165) is 15.7 Å². The van der Waals surface area contributed by atoms with Crippen LogP contribution in [0.1, 0.15) is 44.1 Å². The number of benzene rings is 2. The molecule has 1 fully saturated rings. The van der Waals surface area contributed by atoms with E-state index in [9.17, 15) is 4.79 Å². The first-order valence-corrected chi connectivity index (χ1v) is 10.1. The lowest BCUT2D eigenvalue weighted by Gasteiger charge is -2.26. The minimum Gasteiger partial charge on any atom is -0.326 e. The Morgan fingerprint density at radius 1 is 1.04 bits per heavy atom. The van der Waals surface area contributed by atoms with Gasteiger partial charge in [-0.3, -0.25) is 4.79 Å². The Labute approximate surface area is 164 Å². The van der Waals surface area contributed by atoms with Gasteiger partial charge < -0.3 is 5.32 Å². The number of carbonyl (C=O) groups excluding carboxylic acids is 1. The second-order valence-corrected chi connectivity index (χ2v) is 7.81. The second-order valence-electron chi connectivity index (χ2n) is 6.90. The number of hydrogen-bond acceptors (Lipinski definition) is 1. The lowest BCUT2D eigenvalue weighted by molar-refractivity contribution is -0.117. The maximum absolute atomic E-state index is 12.6. The average molecular weight is 410 g/mol. The lowest BCUT2D eigenvalue weighted by Crippen LogP contribution is -2.23. The van der Waals surface area contributed by atoms with Gasteiger partial charge in [-0.1, -0.05) is 65.2 Å². The summed E-state index contributed by atoms with van der Waals surface area (Å²) in [4.78, 5) is 12.6. The molecular weight excluding hydrogens is 386 g/mol. The third kappa shape index (κ3) is 5.75. The Morgan fingerprint density at radius 3 is 2.42 bits per heavy atom. The van der Waals surface area contributed by atoms with Crippen LogP contribution in [0.15, 0.2) is 59.1 Å². The zero-order chi connectivity index (χ0) is 18.2. The maximum atomic E-state index is 12.6. The van der Waals surface area contributed by atoms with E-state index in [2.05, 4.69) is 33.1 Å². The van der Waals surface area contributed by atoms with Gasteiger partial charge in [0, 0.05) is 28.1 Å². The molecule has 0 aromatic heterocycles. The minimum absolute atomic E-state index is 0.0465. The molecule has 2 aromatic rings. The largest absolute Gasteiger partial charge is 0.326 e. The molecule has 1 aliphatic rings. The van der Waals surface area contributed by atoms with Crippen LogP contribution in [0.3, 0.4) is 0 Å². The summed E-state index contributed by atoms with van der Waals surface area (Å²) in [5.74, 6) is 7.38. The number of nitrogens with one attached hydrogen (secondary N) is 1. The molecule has 3 rings (SSSR count). The molecule has 134 valence electrons. The normalized spacial score (nSPS) is 15.6. The van der Waals surface area contributed by atoms with E-state index in [1.807, 2.05) is 54.6 Å². The number of carbonyl (C=O) groups is 1. The van der Waals surface area contributed by atoms with Crippen LogP contribution in [0.2, 0.25) is 0 Å². The summed E-state index contributed by atoms with van der Waals surface area (Å²) < 4.78 is 1.00. The van der Waals surface area contributed by atoms with Gasteiger partial charge in [0.05, 0.1) is 0 Å². The van der Waals surface area contributed by atoms with Gasteiger partial charge in [0.15, 0.2) is 0 Å². The number of halogens is 1. The van der Waals surface area contributed by atoms with E-state index in [1.165, 1.54) is 32.1 Å². The van der Waals surface area contributed by atoms with Gasteiger partial charge in [-0.2, -0.15) is 0 Å².